The minimum Gasteiger partial charge on any atom is -0.403 e. The third kappa shape index (κ3) is 6.72. The zero-order valence-electron chi connectivity index (χ0n) is 19.7. The van der Waals surface area contributed by atoms with E-state index in [1.54, 1.807) is 24.3 Å². The van der Waals surface area contributed by atoms with E-state index in [0.717, 1.165) is 30.5 Å². The molecule has 1 aliphatic heterocycles. The van der Waals surface area contributed by atoms with Crippen molar-refractivity contribution in [2.75, 3.05) is 19.8 Å². The van der Waals surface area contributed by atoms with Gasteiger partial charge in [0.25, 0.3) is 0 Å². The number of ether oxygens (including phenoxy) is 4. The molecule has 1 fully saturated rings. The number of unbranched alkanes of at least 4 members (excludes halogenated alkanes) is 1. The van der Waals surface area contributed by atoms with E-state index in [-0.39, 0.29) is 18.9 Å². The molecule has 0 N–H and O–H groups in total. The Morgan fingerprint density at radius 3 is 2.42 bits per heavy atom. The molecule has 0 aliphatic carbocycles. The Bertz CT molecular complexity index is 1170. The summed E-state index contributed by atoms with van der Waals surface area (Å²) in [5.41, 5.74) is 1.63. The molecule has 0 spiro atoms. The Balaban J connectivity index is 1.39. The largest absolute Gasteiger partial charge is 0.573 e. The molecule has 3 aromatic carbocycles. The minimum absolute atomic E-state index is 0.102. The van der Waals surface area contributed by atoms with E-state index in [1.165, 1.54) is 6.07 Å². The van der Waals surface area contributed by atoms with Crippen LogP contribution in [0.15, 0.2) is 48.5 Å². The Morgan fingerprint density at radius 2 is 1.72 bits per heavy atom. The van der Waals surface area contributed by atoms with Crippen molar-refractivity contribution in [3.63, 3.8) is 0 Å². The summed E-state index contributed by atoms with van der Waals surface area (Å²) in [4.78, 5) is 0. The Kier molecular flexibility index (Phi) is 8.43. The third-order valence-corrected chi connectivity index (χ3v) is 5.95. The molecule has 194 valence electrons. The van der Waals surface area contributed by atoms with E-state index in [9.17, 15) is 17.6 Å². The summed E-state index contributed by atoms with van der Waals surface area (Å²) in [5, 5.41) is 1.11. The van der Waals surface area contributed by atoms with Crippen molar-refractivity contribution in [2.24, 2.45) is 0 Å². The molecule has 0 amide bonds. The maximum absolute atomic E-state index is 15.2. The fraction of sp³-hybridized carbons (Fsp3) is 0.407. The van der Waals surface area contributed by atoms with E-state index < -0.39 is 30.0 Å². The molecule has 0 atom stereocenters. The molecule has 3 aromatic rings. The van der Waals surface area contributed by atoms with Gasteiger partial charge in [-0.3, -0.25) is 0 Å². The van der Waals surface area contributed by atoms with Crippen LogP contribution in [0.5, 0.6) is 5.75 Å². The molecular weight excluding hydrogens is 483 g/mol. The van der Waals surface area contributed by atoms with Crippen LogP contribution in [0.25, 0.3) is 10.8 Å². The number of hydrogen-bond acceptors (Lipinski definition) is 4. The van der Waals surface area contributed by atoms with Crippen molar-refractivity contribution in [1.82, 2.24) is 0 Å². The molecule has 1 saturated heterocycles. The van der Waals surface area contributed by atoms with Gasteiger partial charge in [-0.25, -0.2) is 8.78 Å². The van der Waals surface area contributed by atoms with Gasteiger partial charge < -0.3 is 18.9 Å². The number of alkyl halides is 3. The summed E-state index contributed by atoms with van der Waals surface area (Å²) in [6.07, 6.45) is -3.10. The first-order chi connectivity index (χ1) is 17.2. The van der Waals surface area contributed by atoms with Gasteiger partial charge in [-0.2, -0.15) is 0 Å². The van der Waals surface area contributed by atoms with Crippen LogP contribution in [-0.2, 0) is 27.1 Å². The van der Waals surface area contributed by atoms with Gasteiger partial charge in [-0.05, 0) is 54.0 Å². The summed E-state index contributed by atoms with van der Waals surface area (Å²) >= 11 is 0. The van der Waals surface area contributed by atoms with Crippen molar-refractivity contribution in [1.29, 1.82) is 0 Å². The normalized spacial score (nSPS) is 18.5. The molecule has 1 aliphatic rings. The molecule has 4 nitrogen and oxygen atoms in total. The Hall–Kier alpha value is -2.75. The maximum atomic E-state index is 15.2. The first-order valence-corrected chi connectivity index (χ1v) is 11.8. The quantitative estimate of drug-likeness (QED) is 0.229. The zero-order chi connectivity index (χ0) is 25.7. The molecule has 0 radical (unpaired) electrons. The number of rotatable bonds is 9. The highest BCUT2D eigenvalue weighted by molar-refractivity contribution is 5.84. The zero-order valence-corrected chi connectivity index (χ0v) is 19.7. The standard InChI is InChI=1S/C27H27F5O4/c1-2-3-12-33-21-15-34-26(35-16-21)20-9-10-22-19(14-20)8-7-18(25(22)29)6-4-17-5-11-24(23(28)13-17)36-27(30,31)32/h5,7-11,13-14,21,26H,2-4,6,12,15-16H2,1H3. The average molecular weight is 510 g/mol. The van der Waals surface area contributed by atoms with Crippen molar-refractivity contribution in [3.05, 3.63) is 76.9 Å². The molecule has 36 heavy (non-hydrogen) atoms. The minimum atomic E-state index is -4.98. The lowest BCUT2D eigenvalue weighted by molar-refractivity contribution is -0.275. The Labute approximate surface area is 205 Å². The number of halogens is 5. The molecular formula is C27H27F5O4. The van der Waals surface area contributed by atoms with E-state index in [2.05, 4.69) is 11.7 Å². The lowest BCUT2D eigenvalue weighted by Gasteiger charge is -2.29. The van der Waals surface area contributed by atoms with E-state index >= 15 is 4.39 Å². The van der Waals surface area contributed by atoms with Gasteiger partial charge in [-0.1, -0.05) is 43.7 Å². The van der Waals surface area contributed by atoms with Crippen LogP contribution in [0.4, 0.5) is 22.0 Å². The summed E-state index contributed by atoms with van der Waals surface area (Å²) in [7, 11) is 0. The highest BCUT2D eigenvalue weighted by Gasteiger charge is 2.32. The van der Waals surface area contributed by atoms with Crippen molar-refractivity contribution < 1.29 is 40.9 Å². The maximum Gasteiger partial charge on any atom is 0.573 e. The molecule has 0 saturated carbocycles. The van der Waals surface area contributed by atoms with Crippen LogP contribution in [0.2, 0.25) is 0 Å². The lowest BCUT2D eigenvalue weighted by atomic mass is 9.99. The van der Waals surface area contributed by atoms with E-state index in [0.29, 0.717) is 41.7 Å². The molecule has 0 unspecified atom stereocenters. The molecule has 1 heterocycles. The summed E-state index contributed by atoms with van der Waals surface area (Å²) in [6.45, 7) is 3.61. The monoisotopic (exact) mass is 510 g/mol. The van der Waals surface area contributed by atoms with Gasteiger partial charge in [0.15, 0.2) is 17.9 Å². The predicted molar refractivity (Wildman–Crippen MR) is 124 cm³/mol. The number of benzene rings is 3. The van der Waals surface area contributed by atoms with Gasteiger partial charge in [0.2, 0.25) is 0 Å². The fourth-order valence-electron chi connectivity index (χ4n) is 4.05. The second kappa shape index (κ2) is 11.5. The van der Waals surface area contributed by atoms with Crippen molar-refractivity contribution in [2.45, 2.75) is 51.4 Å². The topological polar surface area (TPSA) is 36.9 Å². The molecule has 9 heteroatoms. The van der Waals surface area contributed by atoms with Gasteiger partial charge in [-0.15, -0.1) is 13.2 Å². The summed E-state index contributed by atoms with van der Waals surface area (Å²) < 4.78 is 87.0. The highest BCUT2D eigenvalue weighted by Crippen LogP contribution is 2.30. The van der Waals surface area contributed by atoms with Crippen molar-refractivity contribution >= 4 is 10.8 Å². The highest BCUT2D eigenvalue weighted by atomic mass is 19.4. The number of hydrogen-bond donors (Lipinski definition) is 0. The summed E-state index contributed by atoms with van der Waals surface area (Å²) in [6, 6.07) is 11.9. The number of fused-ring (bicyclic) bond motifs is 1. The molecule has 4 rings (SSSR count). The van der Waals surface area contributed by atoms with Crippen LogP contribution in [-0.4, -0.2) is 32.3 Å². The fourth-order valence-corrected chi connectivity index (χ4v) is 4.05. The van der Waals surface area contributed by atoms with E-state index in [4.69, 9.17) is 14.2 Å². The van der Waals surface area contributed by atoms with Gasteiger partial charge in [0, 0.05) is 17.6 Å². The predicted octanol–water partition coefficient (Wildman–Crippen LogP) is 7.03. The van der Waals surface area contributed by atoms with Gasteiger partial charge in [0.05, 0.1) is 13.2 Å². The van der Waals surface area contributed by atoms with Crippen LogP contribution < -0.4 is 4.74 Å². The third-order valence-electron chi connectivity index (χ3n) is 5.95. The van der Waals surface area contributed by atoms with Crippen molar-refractivity contribution in [3.8, 4) is 5.75 Å². The first kappa shape index (κ1) is 26.3. The van der Waals surface area contributed by atoms with Gasteiger partial charge >= 0.3 is 6.36 Å². The Morgan fingerprint density at radius 1 is 0.944 bits per heavy atom. The van der Waals surface area contributed by atoms with Crippen LogP contribution in [0.3, 0.4) is 0 Å². The summed E-state index contributed by atoms with van der Waals surface area (Å²) in [5.74, 6) is -2.42. The van der Waals surface area contributed by atoms with Crippen LogP contribution in [0.1, 0.15) is 42.7 Å². The smallest absolute Gasteiger partial charge is 0.403 e. The SMILES string of the molecule is CCCCOC1COC(c2ccc3c(F)c(CCc4ccc(OC(F)(F)F)c(F)c4)ccc3c2)OC1. The second-order valence-corrected chi connectivity index (χ2v) is 8.68. The molecule has 0 bridgehead atoms. The molecule has 0 aromatic heterocycles. The van der Waals surface area contributed by atoms with Gasteiger partial charge in [0.1, 0.15) is 11.9 Å². The first-order valence-electron chi connectivity index (χ1n) is 11.8. The van der Waals surface area contributed by atoms with Crippen LogP contribution in [0, 0.1) is 11.6 Å². The second-order valence-electron chi connectivity index (χ2n) is 8.68. The average Bonchev–Trinajstić information content (AvgIpc) is 2.85. The van der Waals surface area contributed by atoms with E-state index in [1.807, 2.05) is 6.07 Å². The van der Waals surface area contributed by atoms with Crippen LogP contribution >= 0.6 is 0 Å². The number of aryl methyl sites for hydroxylation is 2. The lowest BCUT2D eigenvalue weighted by Crippen LogP contribution is -2.33.